The summed E-state index contributed by atoms with van der Waals surface area (Å²) in [5.74, 6) is 1.87. The van der Waals surface area contributed by atoms with Gasteiger partial charge in [0.1, 0.15) is 16.7 Å². The zero-order chi connectivity index (χ0) is 36.7. The highest BCUT2D eigenvalue weighted by molar-refractivity contribution is 6.13. The van der Waals surface area contributed by atoms with Gasteiger partial charge >= 0.3 is 0 Å². The first-order chi connectivity index (χ1) is 27.0. The van der Waals surface area contributed by atoms with E-state index >= 15 is 0 Å². The summed E-state index contributed by atoms with van der Waals surface area (Å²) in [5, 5.41) is 2.15. The molecule has 1 aliphatic rings. The SMILES string of the molecule is CC1(C)c2cc(-c3cccc4c3oc3c(-c5cccc(-c6nc(-c7ccccc7)nc(-c7ccccc7)n6)c5)cccc34)ccc2-c2ccc3ocnc3c21. The lowest BCUT2D eigenvalue weighted by molar-refractivity contribution is 0.602. The van der Waals surface area contributed by atoms with Crippen LogP contribution in [0.5, 0.6) is 0 Å². The third-order valence-electron chi connectivity index (χ3n) is 11.1. The molecular weight excluding hydrogens is 677 g/mol. The molecule has 6 nitrogen and oxygen atoms in total. The number of furan rings is 1. The second kappa shape index (κ2) is 11.9. The molecule has 55 heavy (non-hydrogen) atoms. The number of hydrogen-bond donors (Lipinski definition) is 0. The number of oxazole rings is 1. The Morgan fingerprint density at radius 2 is 1.00 bits per heavy atom. The van der Waals surface area contributed by atoms with Gasteiger partial charge < -0.3 is 8.83 Å². The van der Waals surface area contributed by atoms with Gasteiger partial charge in [0, 0.05) is 44.0 Å². The minimum atomic E-state index is -0.251. The standard InChI is InChI=1S/C49H32N4O2/c1-49(2)40-27-32(22-23-36(40)37-24-25-41-43(42(37)49)50-28-54-41)35-19-11-21-39-38-20-10-18-34(44(38)55-45(35)39)31-16-9-17-33(26-31)48-52-46(29-12-5-3-6-13-29)51-47(53-48)30-14-7-4-8-15-30/h3-28H,1-2H3. The van der Waals surface area contributed by atoms with Crippen LogP contribution in [-0.2, 0) is 5.41 Å². The van der Waals surface area contributed by atoms with Gasteiger partial charge in [-0.1, -0.05) is 147 Å². The monoisotopic (exact) mass is 708 g/mol. The maximum absolute atomic E-state index is 6.94. The Kier molecular flexibility index (Phi) is 6.79. The average molecular weight is 709 g/mol. The fourth-order valence-corrected chi connectivity index (χ4v) is 8.43. The van der Waals surface area contributed by atoms with Crippen LogP contribution in [0.4, 0.5) is 0 Å². The lowest BCUT2D eigenvalue weighted by Gasteiger charge is -2.22. The number of hydrogen-bond acceptors (Lipinski definition) is 6. The van der Waals surface area contributed by atoms with Crippen molar-refractivity contribution in [3.05, 3.63) is 169 Å². The predicted octanol–water partition coefficient (Wildman–Crippen LogP) is 12.6. The Morgan fingerprint density at radius 1 is 0.455 bits per heavy atom. The van der Waals surface area contributed by atoms with Crippen molar-refractivity contribution in [2.75, 3.05) is 0 Å². The van der Waals surface area contributed by atoms with Crippen molar-refractivity contribution in [2.24, 2.45) is 0 Å². The molecule has 0 fully saturated rings. The van der Waals surface area contributed by atoms with E-state index in [1.165, 1.54) is 22.3 Å². The number of aromatic nitrogens is 4. The molecule has 0 N–H and O–H groups in total. The normalized spacial score (nSPS) is 13.1. The van der Waals surface area contributed by atoms with Crippen LogP contribution in [0.2, 0.25) is 0 Å². The third-order valence-corrected chi connectivity index (χ3v) is 11.1. The van der Waals surface area contributed by atoms with Crippen LogP contribution >= 0.6 is 0 Å². The number of benzene rings is 7. The zero-order valence-electron chi connectivity index (χ0n) is 30.1. The summed E-state index contributed by atoms with van der Waals surface area (Å²) in [4.78, 5) is 19.5. The molecular formula is C49H32N4O2. The van der Waals surface area contributed by atoms with Crippen LogP contribution < -0.4 is 0 Å². The lowest BCUT2D eigenvalue weighted by Crippen LogP contribution is -2.15. The summed E-state index contributed by atoms with van der Waals surface area (Å²) >= 11 is 0. The molecule has 0 aliphatic heterocycles. The molecule has 7 aromatic carbocycles. The Bertz CT molecular complexity index is 3070. The van der Waals surface area contributed by atoms with Crippen molar-refractivity contribution >= 4 is 33.0 Å². The van der Waals surface area contributed by atoms with E-state index in [9.17, 15) is 0 Å². The summed E-state index contributed by atoms with van der Waals surface area (Å²) in [6.07, 6.45) is 1.54. The van der Waals surface area contributed by atoms with Gasteiger partial charge in [0.2, 0.25) is 0 Å². The topological polar surface area (TPSA) is 77.8 Å². The lowest BCUT2D eigenvalue weighted by atomic mass is 9.81. The van der Waals surface area contributed by atoms with E-state index in [0.717, 1.165) is 72.0 Å². The van der Waals surface area contributed by atoms with Crippen molar-refractivity contribution in [1.82, 2.24) is 19.9 Å². The molecule has 0 atom stereocenters. The predicted molar refractivity (Wildman–Crippen MR) is 219 cm³/mol. The van der Waals surface area contributed by atoms with Gasteiger partial charge in [-0.3, -0.25) is 0 Å². The molecule has 0 amide bonds. The van der Waals surface area contributed by atoms with Crippen LogP contribution in [0.15, 0.2) is 167 Å². The van der Waals surface area contributed by atoms with E-state index in [1.54, 1.807) is 6.39 Å². The van der Waals surface area contributed by atoms with Gasteiger partial charge in [-0.15, -0.1) is 0 Å². The van der Waals surface area contributed by atoms with E-state index in [-0.39, 0.29) is 5.41 Å². The Morgan fingerprint density at radius 3 is 1.65 bits per heavy atom. The van der Waals surface area contributed by atoms with E-state index < -0.39 is 0 Å². The van der Waals surface area contributed by atoms with Crippen molar-refractivity contribution in [2.45, 2.75) is 19.3 Å². The minimum absolute atomic E-state index is 0.251. The van der Waals surface area contributed by atoms with Gasteiger partial charge in [0.25, 0.3) is 0 Å². The van der Waals surface area contributed by atoms with Gasteiger partial charge in [0.05, 0.1) is 0 Å². The first-order valence-corrected chi connectivity index (χ1v) is 18.5. The molecule has 0 saturated carbocycles. The molecule has 0 saturated heterocycles. The molecule has 3 heterocycles. The summed E-state index contributed by atoms with van der Waals surface area (Å²) in [7, 11) is 0. The molecule has 0 spiro atoms. The first kappa shape index (κ1) is 31.4. The second-order valence-electron chi connectivity index (χ2n) is 14.7. The van der Waals surface area contributed by atoms with E-state index in [1.807, 2.05) is 66.7 Å². The highest BCUT2D eigenvalue weighted by Gasteiger charge is 2.38. The molecule has 0 radical (unpaired) electrons. The highest BCUT2D eigenvalue weighted by Crippen LogP contribution is 2.52. The molecule has 260 valence electrons. The second-order valence-corrected chi connectivity index (χ2v) is 14.7. The van der Waals surface area contributed by atoms with Crippen LogP contribution in [0, 0.1) is 0 Å². The summed E-state index contributed by atoms with van der Waals surface area (Å²) < 4.78 is 12.6. The van der Waals surface area contributed by atoms with Gasteiger partial charge in [-0.05, 0) is 51.6 Å². The summed E-state index contributed by atoms with van der Waals surface area (Å²) in [5.41, 5.74) is 15.1. The molecule has 11 rings (SSSR count). The number of fused-ring (bicyclic) bond motifs is 8. The fraction of sp³-hybridized carbons (Fsp3) is 0.0612. The largest absolute Gasteiger partial charge is 0.455 e. The Balaban J connectivity index is 1.03. The summed E-state index contributed by atoms with van der Waals surface area (Å²) in [6, 6.07) is 52.3. The number of para-hydroxylation sites is 2. The molecule has 0 unspecified atom stereocenters. The third kappa shape index (κ3) is 4.88. The minimum Gasteiger partial charge on any atom is -0.455 e. The first-order valence-electron chi connectivity index (χ1n) is 18.5. The molecule has 1 aliphatic carbocycles. The zero-order valence-corrected chi connectivity index (χ0v) is 30.1. The van der Waals surface area contributed by atoms with Crippen LogP contribution in [-0.4, -0.2) is 19.9 Å². The van der Waals surface area contributed by atoms with E-state index in [0.29, 0.717) is 17.5 Å². The number of rotatable bonds is 5. The average Bonchev–Trinajstić information content (AvgIpc) is 3.94. The number of nitrogens with zero attached hydrogens (tertiary/aromatic N) is 4. The van der Waals surface area contributed by atoms with Gasteiger partial charge in [0.15, 0.2) is 29.4 Å². The van der Waals surface area contributed by atoms with Crippen molar-refractivity contribution in [1.29, 1.82) is 0 Å². The van der Waals surface area contributed by atoms with Crippen LogP contribution in [0.25, 0.3) is 101 Å². The fourth-order valence-electron chi connectivity index (χ4n) is 8.43. The molecule has 0 bridgehead atoms. The van der Waals surface area contributed by atoms with Crippen molar-refractivity contribution in [3.63, 3.8) is 0 Å². The maximum Gasteiger partial charge on any atom is 0.181 e. The van der Waals surface area contributed by atoms with Gasteiger partial charge in [-0.25, -0.2) is 19.9 Å². The van der Waals surface area contributed by atoms with E-state index in [4.69, 9.17) is 23.8 Å². The van der Waals surface area contributed by atoms with Crippen LogP contribution in [0.1, 0.15) is 25.0 Å². The quantitative estimate of drug-likeness (QED) is 0.177. The highest BCUT2D eigenvalue weighted by atomic mass is 16.3. The van der Waals surface area contributed by atoms with E-state index in [2.05, 4.69) is 104 Å². The Hall–Kier alpha value is -7.18. The summed E-state index contributed by atoms with van der Waals surface area (Å²) in [6.45, 7) is 4.55. The maximum atomic E-state index is 6.94. The molecule has 6 heteroatoms. The molecule has 3 aromatic heterocycles. The smallest absolute Gasteiger partial charge is 0.181 e. The van der Waals surface area contributed by atoms with Crippen molar-refractivity contribution in [3.8, 4) is 67.5 Å². The van der Waals surface area contributed by atoms with Crippen molar-refractivity contribution < 1.29 is 8.83 Å². The van der Waals surface area contributed by atoms with Crippen LogP contribution in [0.3, 0.4) is 0 Å². The van der Waals surface area contributed by atoms with Gasteiger partial charge in [-0.2, -0.15) is 0 Å². The molecule has 10 aromatic rings. The Labute approximate surface area is 316 Å².